The van der Waals surface area contributed by atoms with Gasteiger partial charge in [0.1, 0.15) is 0 Å². The van der Waals surface area contributed by atoms with Gasteiger partial charge in [0, 0.05) is 24.1 Å². The molecule has 1 aromatic rings. The van der Waals surface area contributed by atoms with E-state index in [2.05, 4.69) is 13.0 Å². The number of hydrogen-bond acceptors (Lipinski definition) is 4. The SMILES string of the molecule is COCc1cc(OC)c(OC)c(C2(C(C)N)CC2)c1. The molecule has 0 radical (unpaired) electrons. The first-order chi connectivity index (χ1) is 9.08. The molecule has 0 heterocycles. The van der Waals surface area contributed by atoms with E-state index in [0.29, 0.717) is 6.61 Å². The summed E-state index contributed by atoms with van der Waals surface area (Å²) >= 11 is 0. The topological polar surface area (TPSA) is 53.7 Å². The van der Waals surface area contributed by atoms with Crippen molar-refractivity contribution in [2.45, 2.75) is 37.8 Å². The average Bonchev–Trinajstić information content (AvgIpc) is 3.19. The maximum atomic E-state index is 6.18. The maximum absolute atomic E-state index is 6.18. The Balaban J connectivity index is 2.53. The molecule has 1 fully saturated rings. The van der Waals surface area contributed by atoms with Gasteiger partial charge in [0.25, 0.3) is 0 Å². The molecule has 0 saturated heterocycles. The molecule has 1 aliphatic carbocycles. The third-order valence-corrected chi connectivity index (χ3v) is 4.05. The highest BCUT2D eigenvalue weighted by Crippen LogP contribution is 2.55. The van der Waals surface area contributed by atoms with Crippen LogP contribution in [0.15, 0.2) is 12.1 Å². The molecule has 0 bridgehead atoms. The van der Waals surface area contributed by atoms with Crippen LogP contribution in [0.3, 0.4) is 0 Å². The van der Waals surface area contributed by atoms with Crippen molar-refractivity contribution in [3.63, 3.8) is 0 Å². The Morgan fingerprint density at radius 3 is 2.32 bits per heavy atom. The Bertz CT molecular complexity index is 453. The summed E-state index contributed by atoms with van der Waals surface area (Å²) in [6, 6.07) is 4.20. The lowest BCUT2D eigenvalue weighted by atomic mass is 9.87. The van der Waals surface area contributed by atoms with Gasteiger partial charge >= 0.3 is 0 Å². The normalized spacial score (nSPS) is 17.9. The van der Waals surface area contributed by atoms with E-state index >= 15 is 0 Å². The second kappa shape index (κ2) is 5.39. The minimum atomic E-state index is 0.0301. The van der Waals surface area contributed by atoms with Crippen LogP contribution in [0.4, 0.5) is 0 Å². The zero-order valence-electron chi connectivity index (χ0n) is 12.2. The summed E-state index contributed by atoms with van der Waals surface area (Å²) in [5, 5.41) is 0. The molecule has 1 saturated carbocycles. The third kappa shape index (κ3) is 2.42. The van der Waals surface area contributed by atoms with Gasteiger partial charge in [-0.1, -0.05) is 0 Å². The van der Waals surface area contributed by atoms with Crippen molar-refractivity contribution in [3.8, 4) is 11.5 Å². The first kappa shape index (κ1) is 14.2. The average molecular weight is 265 g/mol. The fourth-order valence-corrected chi connectivity index (χ4v) is 2.75. The molecule has 4 nitrogen and oxygen atoms in total. The number of methoxy groups -OCH3 is 3. The van der Waals surface area contributed by atoms with Gasteiger partial charge in [-0.15, -0.1) is 0 Å². The molecular weight excluding hydrogens is 242 g/mol. The Morgan fingerprint density at radius 1 is 1.21 bits per heavy atom. The van der Waals surface area contributed by atoms with E-state index in [4.69, 9.17) is 19.9 Å². The molecule has 106 valence electrons. The van der Waals surface area contributed by atoms with Crippen LogP contribution in [-0.4, -0.2) is 27.4 Å². The summed E-state index contributed by atoms with van der Waals surface area (Å²) in [7, 11) is 5.02. The first-order valence-electron chi connectivity index (χ1n) is 6.59. The van der Waals surface area contributed by atoms with Gasteiger partial charge in [0.15, 0.2) is 11.5 Å². The molecule has 0 aromatic heterocycles. The van der Waals surface area contributed by atoms with E-state index in [1.165, 1.54) is 0 Å². The van der Waals surface area contributed by atoms with E-state index in [1.807, 2.05) is 6.07 Å². The quantitative estimate of drug-likeness (QED) is 0.857. The number of ether oxygens (including phenoxy) is 3. The molecule has 1 aliphatic rings. The lowest BCUT2D eigenvalue weighted by Gasteiger charge is -2.24. The minimum Gasteiger partial charge on any atom is -0.493 e. The Kier molecular flexibility index (Phi) is 4.02. The molecule has 1 unspecified atom stereocenters. The monoisotopic (exact) mass is 265 g/mol. The third-order valence-electron chi connectivity index (χ3n) is 4.05. The number of rotatable bonds is 6. The molecule has 0 spiro atoms. The van der Waals surface area contributed by atoms with Crippen molar-refractivity contribution in [3.05, 3.63) is 23.3 Å². The van der Waals surface area contributed by atoms with Gasteiger partial charge in [-0.25, -0.2) is 0 Å². The van der Waals surface area contributed by atoms with Crippen molar-refractivity contribution in [2.75, 3.05) is 21.3 Å². The van der Waals surface area contributed by atoms with Crippen LogP contribution >= 0.6 is 0 Å². The van der Waals surface area contributed by atoms with E-state index in [9.17, 15) is 0 Å². The number of nitrogens with two attached hydrogens (primary N) is 1. The highest BCUT2D eigenvalue weighted by atomic mass is 16.5. The van der Waals surface area contributed by atoms with Gasteiger partial charge in [0.05, 0.1) is 20.8 Å². The van der Waals surface area contributed by atoms with E-state index in [1.54, 1.807) is 21.3 Å². The van der Waals surface area contributed by atoms with Gasteiger partial charge < -0.3 is 19.9 Å². The predicted molar refractivity (Wildman–Crippen MR) is 74.8 cm³/mol. The predicted octanol–water partition coefficient (Wildman–Crippen LogP) is 2.23. The lowest BCUT2D eigenvalue weighted by molar-refractivity contribution is 0.184. The fraction of sp³-hybridized carbons (Fsp3) is 0.600. The van der Waals surface area contributed by atoms with E-state index in [0.717, 1.165) is 35.5 Å². The van der Waals surface area contributed by atoms with Crippen LogP contribution in [0.2, 0.25) is 0 Å². The summed E-state index contributed by atoms with van der Waals surface area (Å²) in [6.45, 7) is 2.62. The van der Waals surface area contributed by atoms with E-state index in [-0.39, 0.29) is 11.5 Å². The summed E-state index contributed by atoms with van der Waals surface area (Å²) in [5.74, 6) is 1.55. The largest absolute Gasteiger partial charge is 0.493 e. The Hall–Kier alpha value is -1.26. The first-order valence-corrected chi connectivity index (χ1v) is 6.59. The number of benzene rings is 1. The molecule has 1 atom stereocenters. The highest BCUT2D eigenvalue weighted by molar-refractivity contribution is 5.55. The van der Waals surface area contributed by atoms with Crippen molar-refractivity contribution in [1.29, 1.82) is 0 Å². The number of hydrogen-bond donors (Lipinski definition) is 1. The zero-order chi connectivity index (χ0) is 14.0. The Morgan fingerprint density at radius 2 is 1.89 bits per heavy atom. The van der Waals surface area contributed by atoms with Crippen molar-refractivity contribution < 1.29 is 14.2 Å². The molecule has 2 rings (SSSR count). The van der Waals surface area contributed by atoms with Gasteiger partial charge in [0.2, 0.25) is 0 Å². The van der Waals surface area contributed by atoms with Crippen LogP contribution in [0.25, 0.3) is 0 Å². The molecule has 19 heavy (non-hydrogen) atoms. The fourth-order valence-electron chi connectivity index (χ4n) is 2.75. The second-order valence-corrected chi connectivity index (χ2v) is 5.26. The molecular formula is C15H23NO3. The smallest absolute Gasteiger partial charge is 0.164 e. The zero-order valence-corrected chi connectivity index (χ0v) is 12.2. The molecule has 4 heteroatoms. The molecule has 2 N–H and O–H groups in total. The van der Waals surface area contributed by atoms with Crippen LogP contribution in [-0.2, 0) is 16.8 Å². The van der Waals surface area contributed by atoms with Gasteiger partial charge in [-0.2, -0.15) is 0 Å². The summed E-state index contributed by atoms with van der Waals surface area (Å²) in [6.07, 6.45) is 2.20. The van der Waals surface area contributed by atoms with Crippen molar-refractivity contribution in [2.24, 2.45) is 5.73 Å². The van der Waals surface area contributed by atoms with Crippen molar-refractivity contribution >= 4 is 0 Å². The van der Waals surface area contributed by atoms with Crippen molar-refractivity contribution in [1.82, 2.24) is 0 Å². The maximum Gasteiger partial charge on any atom is 0.164 e. The van der Waals surface area contributed by atoms with Crippen LogP contribution in [0, 0.1) is 0 Å². The lowest BCUT2D eigenvalue weighted by Crippen LogP contribution is -2.32. The second-order valence-electron chi connectivity index (χ2n) is 5.26. The van der Waals surface area contributed by atoms with Gasteiger partial charge in [-0.3, -0.25) is 0 Å². The Labute approximate surface area is 114 Å². The molecule has 0 aliphatic heterocycles. The molecule has 1 aromatic carbocycles. The van der Waals surface area contributed by atoms with Crippen LogP contribution in [0.5, 0.6) is 11.5 Å². The van der Waals surface area contributed by atoms with Crippen LogP contribution in [0.1, 0.15) is 30.9 Å². The highest BCUT2D eigenvalue weighted by Gasteiger charge is 2.49. The van der Waals surface area contributed by atoms with Crippen LogP contribution < -0.4 is 15.2 Å². The van der Waals surface area contributed by atoms with Gasteiger partial charge in [-0.05, 0) is 37.5 Å². The summed E-state index contributed by atoms with van der Waals surface area (Å²) in [4.78, 5) is 0. The summed E-state index contributed by atoms with van der Waals surface area (Å²) in [5.41, 5.74) is 8.44. The van der Waals surface area contributed by atoms with E-state index < -0.39 is 0 Å². The summed E-state index contributed by atoms with van der Waals surface area (Å²) < 4.78 is 16.2. The molecule has 0 amide bonds. The standard InChI is InChI=1S/C15H23NO3/c1-10(16)15(5-6-15)12-7-11(9-17-2)8-13(18-3)14(12)19-4/h7-8,10H,5-6,9,16H2,1-4H3. The minimum absolute atomic E-state index is 0.0301.